The number of aliphatic hydroxyl groups is 1. The van der Waals surface area contributed by atoms with Gasteiger partial charge in [0.15, 0.2) is 6.10 Å². The van der Waals surface area contributed by atoms with Crippen LogP contribution in [0.5, 0.6) is 0 Å². The first kappa shape index (κ1) is 66.9. The maximum Gasteiger partial charge on any atom is 0.472 e. The number of unbranched alkanes of at least 4 members (excludes halogenated alkanes) is 22. The van der Waals surface area contributed by atoms with Crippen molar-refractivity contribution < 1.29 is 52.2 Å². The van der Waals surface area contributed by atoms with E-state index in [2.05, 4.69) is 93.7 Å². The molecule has 0 saturated heterocycles. The third-order valence-corrected chi connectivity index (χ3v) is 12.6. The Morgan fingerprint density at radius 2 is 0.743 bits per heavy atom. The SMILES string of the molecule is CC/C=C\C/C=C\C/C=C\CCCCCCCC(=O)OCC(COP(=O)(O)OCC(CO)OC(=O)CCCCCCCCCCCCCCC)OC(=O)CCCCCCC/C=C\C/C=C\C/C=C\CC. The van der Waals surface area contributed by atoms with E-state index in [4.69, 9.17) is 23.3 Å². The van der Waals surface area contributed by atoms with Gasteiger partial charge in [-0.25, -0.2) is 4.57 Å². The highest BCUT2D eigenvalue weighted by molar-refractivity contribution is 7.47. The van der Waals surface area contributed by atoms with Crippen molar-refractivity contribution in [2.45, 2.75) is 251 Å². The van der Waals surface area contributed by atoms with Crippen molar-refractivity contribution in [1.82, 2.24) is 0 Å². The zero-order chi connectivity index (χ0) is 51.3. The number of allylic oxidation sites excluding steroid dienone is 12. The average Bonchev–Trinajstić information content (AvgIpc) is 3.35. The third-order valence-electron chi connectivity index (χ3n) is 11.6. The molecule has 0 aliphatic carbocycles. The van der Waals surface area contributed by atoms with E-state index in [0.717, 1.165) is 122 Å². The minimum absolute atomic E-state index is 0.143. The lowest BCUT2D eigenvalue weighted by atomic mass is 10.0. The van der Waals surface area contributed by atoms with Gasteiger partial charge in [0.05, 0.1) is 19.8 Å². The van der Waals surface area contributed by atoms with Crippen LogP contribution in [0.15, 0.2) is 72.9 Å². The summed E-state index contributed by atoms with van der Waals surface area (Å²) in [6.45, 7) is 4.39. The summed E-state index contributed by atoms with van der Waals surface area (Å²) in [6, 6.07) is 0. The van der Waals surface area contributed by atoms with Crippen LogP contribution in [0.2, 0.25) is 0 Å². The molecule has 0 aromatic rings. The van der Waals surface area contributed by atoms with Crippen molar-refractivity contribution in [1.29, 1.82) is 0 Å². The highest BCUT2D eigenvalue weighted by Gasteiger charge is 2.28. The lowest BCUT2D eigenvalue weighted by molar-refractivity contribution is -0.161. The number of carbonyl (C=O) groups is 3. The summed E-state index contributed by atoms with van der Waals surface area (Å²) in [7, 11) is -4.75. The molecule has 0 bridgehead atoms. The van der Waals surface area contributed by atoms with E-state index >= 15 is 0 Å². The second-order valence-electron chi connectivity index (χ2n) is 18.3. The van der Waals surface area contributed by atoms with Crippen LogP contribution in [-0.2, 0) is 42.2 Å². The van der Waals surface area contributed by atoms with Crippen molar-refractivity contribution in [3.63, 3.8) is 0 Å². The fourth-order valence-corrected chi connectivity index (χ4v) is 8.23. The molecule has 0 amide bonds. The lowest BCUT2D eigenvalue weighted by Crippen LogP contribution is -2.30. The van der Waals surface area contributed by atoms with Crippen LogP contribution in [0.25, 0.3) is 0 Å². The zero-order valence-corrected chi connectivity index (χ0v) is 45.4. The highest BCUT2D eigenvalue weighted by Crippen LogP contribution is 2.43. The van der Waals surface area contributed by atoms with Crippen LogP contribution in [0.4, 0.5) is 0 Å². The number of phosphoric acid groups is 1. The standard InChI is InChI=1S/C58H101O11P/c1-4-7-10-13-16-19-22-25-27-30-32-35-38-41-44-47-56(60)65-51-55(69-58(62)49-46-43-40-37-34-31-28-26-23-20-17-14-11-8-5-2)53-67-70(63,64)66-52-54(50-59)68-57(61)48-45-42-39-36-33-29-24-21-18-15-12-9-6-3/h7-8,10-11,16-17,19-20,25-28,54-55,59H,4-6,9,12-15,18,21-24,29-53H2,1-3H3,(H,63,64)/b10-7-,11-8-,19-16-,20-17-,27-25-,28-26-. The van der Waals surface area contributed by atoms with E-state index in [9.17, 15) is 28.9 Å². The van der Waals surface area contributed by atoms with Gasteiger partial charge in [-0.1, -0.05) is 209 Å². The Hall–Kier alpha value is -3.08. The second kappa shape index (κ2) is 52.2. The minimum atomic E-state index is -4.75. The van der Waals surface area contributed by atoms with Gasteiger partial charge in [-0.15, -0.1) is 0 Å². The Morgan fingerprint density at radius 3 is 1.14 bits per heavy atom. The van der Waals surface area contributed by atoms with Crippen LogP contribution in [0, 0.1) is 0 Å². The molecule has 404 valence electrons. The molecular formula is C58H101O11P. The second-order valence-corrected chi connectivity index (χ2v) is 19.8. The van der Waals surface area contributed by atoms with Gasteiger partial charge in [0, 0.05) is 19.3 Å². The lowest BCUT2D eigenvalue weighted by Gasteiger charge is -2.21. The molecule has 2 N–H and O–H groups in total. The first-order chi connectivity index (χ1) is 34.2. The summed E-state index contributed by atoms with van der Waals surface area (Å²) in [5.74, 6) is -1.50. The summed E-state index contributed by atoms with van der Waals surface area (Å²) in [4.78, 5) is 48.4. The molecule has 0 spiro atoms. The Labute approximate surface area is 427 Å². The predicted molar refractivity (Wildman–Crippen MR) is 288 cm³/mol. The fraction of sp³-hybridized carbons (Fsp3) is 0.741. The molecule has 0 rings (SSSR count). The van der Waals surface area contributed by atoms with Crippen molar-refractivity contribution >= 4 is 25.7 Å². The Balaban J connectivity index is 4.77. The number of phosphoric ester groups is 1. The molecule has 70 heavy (non-hydrogen) atoms. The summed E-state index contributed by atoms with van der Waals surface area (Å²) >= 11 is 0. The average molecular weight is 1010 g/mol. The van der Waals surface area contributed by atoms with E-state index in [1.807, 2.05) is 0 Å². The first-order valence-electron chi connectivity index (χ1n) is 27.8. The molecule has 3 unspecified atom stereocenters. The van der Waals surface area contributed by atoms with Crippen LogP contribution in [0.1, 0.15) is 239 Å². The number of carbonyl (C=O) groups excluding carboxylic acids is 3. The molecule has 0 radical (unpaired) electrons. The molecule has 0 aromatic heterocycles. The Morgan fingerprint density at radius 1 is 0.414 bits per heavy atom. The number of esters is 3. The van der Waals surface area contributed by atoms with Gasteiger partial charge < -0.3 is 24.2 Å². The van der Waals surface area contributed by atoms with Crippen LogP contribution in [0.3, 0.4) is 0 Å². The number of rotatable bonds is 51. The normalized spacial score (nSPS) is 14.0. The molecule has 0 aromatic carbocycles. The fourth-order valence-electron chi connectivity index (χ4n) is 7.44. The topological polar surface area (TPSA) is 155 Å². The zero-order valence-electron chi connectivity index (χ0n) is 44.5. The van der Waals surface area contributed by atoms with Gasteiger partial charge in [-0.3, -0.25) is 23.4 Å². The highest BCUT2D eigenvalue weighted by atomic mass is 31.2. The summed E-state index contributed by atoms with van der Waals surface area (Å²) in [6.07, 6.45) is 57.2. The van der Waals surface area contributed by atoms with Gasteiger partial charge in [-0.05, 0) is 83.5 Å². The Kier molecular flexibility index (Phi) is 50.0. The van der Waals surface area contributed by atoms with Crippen molar-refractivity contribution in [3.05, 3.63) is 72.9 Å². The van der Waals surface area contributed by atoms with E-state index in [1.165, 1.54) is 57.8 Å². The largest absolute Gasteiger partial charge is 0.472 e. The predicted octanol–water partition coefficient (Wildman–Crippen LogP) is 16.1. The van der Waals surface area contributed by atoms with Gasteiger partial charge in [-0.2, -0.15) is 0 Å². The van der Waals surface area contributed by atoms with E-state index in [-0.39, 0.29) is 25.9 Å². The van der Waals surface area contributed by atoms with Crippen LogP contribution >= 0.6 is 7.82 Å². The van der Waals surface area contributed by atoms with Crippen molar-refractivity contribution in [2.24, 2.45) is 0 Å². The van der Waals surface area contributed by atoms with Crippen LogP contribution < -0.4 is 0 Å². The van der Waals surface area contributed by atoms with E-state index < -0.39 is 57.8 Å². The maximum absolute atomic E-state index is 12.9. The molecule has 0 heterocycles. The number of aliphatic hydroxyl groups excluding tert-OH is 1. The molecular weight excluding hydrogens is 904 g/mol. The minimum Gasteiger partial charge on any atom is -0.462 e. The summed E-state index contributed by atoms with van der Waals surface area (Å²) in [5, 5.41) is 9.80. The molecule has 0 aliphatic rings. The maximum atomic E-state index is 12.9. The molecule has 0 saturated carbocycles. The van der Waals surface area contributed by atoms with E-state index in [1.54, 1.807) is 0 Å². The Bertz CT molecular complexity index is 1450. The molecule has 12 heteroatoms. The number of hydrogen-bond acceptors (Lipinski definition) is 10. The summed E-state index contributed by atoms with van der Waals surface area (Å²) < 4.78 is 39.4. The smallest absolute Gasteiger partial charge is 0.462 e. The monoisotopic (exact) mass is 1000 g/mol. The molecule has 0 aliphatic heterocycles. The summed E-state index contributed by atoms with van der Waals surface area (Å²) in [5.41, 5.74) is 0. The van der Waals surface area contributed by atoms with Crippen LogP contribution in [-0.4, -0.2) is 66.5 Å². The van der Waals surface area contributed by atoms with Gasteiger partial charge in [0.1, 0.15) is 12.7 Å². The molecule has 0 fully saturated rings. The van der Waals surface area contributed by atoms with Gasteiger partial charge in [0.2, 0.25) is 0 Å². The molecule has 3 atom stereocenters. The molecule has 11 nitrogen and oxygen atoms in total. The third kappa shape index (κ3) is 49.9. The number of ether oxygens (including phenoxy) is 3. The van der Waals surface area contributed by atoms with Gasteiger partial charge >= 0.3 is 25.7 Å². The quantitative estimate of drug-likeness (QED) is 0.0197. The number of hydrogen-bond donors (Lipinski definition) is 2. The van der Waals surface area contributed by atoms with E-state index in [0.29, 0.717) is 19.3 Å². The first-order valence-corrected chi connectivity index (χ1v) is 29.3. The van der Waals surface area contributed by atoms with Gasteiger partial charge in [0.25, 0.3) is 0 Å². The van der Waals surface area contributed by atoms with Crippen molar-refractivity contribution in [3.8, 4) is 0 Å². The van der Waals surface area contributed by atoms with Crippen molar-refractivity contribution in [2.75, 3.05) is 26.4 Å².